The summed E-state index contributed by atoms with van der Waals surface area (Å²) >= 11 is 0. The van der Waals surface area contributed by atoms with E-state index in [0.29, 0.717) is 0 Å². The molecule has 1 fully saturated rings. The molecule has 106 valence electrons. The van der Waals surface area contributed by atoms with Crippen molar-refractivity contribution >= 4 is 9.28 Å². The molecular weight excluding hydrogens is 242 g/mol. The number of rotatable bonds is 8. The van der Waals surface area contributed by atoms with Gasteiger partial charge in [-0.1, -0.05) is 12.0 Å². The van der Waals surface area contributed by atoms with Crippen LogP contribution in [0.1, 0.15) is 58.8 Å². The van der Waals surface area contributed by atoms with E-state index in [4.69, 9.17) is 14.6 Å². The molecule has 0 aromatic rings. The summed E-state index contributed by atoms with van der Waals surface area (Å²) in [5.41, 5.74) is 8.87. The third-order valence-electron chi connectivity index (χ3n) is 3.50. The first-order valence-electron chi connectivity index (χ1n) is 7.47. The molecule has 1 rings (SSSR count). The summed E-state index contributed by atoms with van der Waals surface area (Å²) in [6.45, 7) is 5.62. The minimum atomic E-state index is -1.41. The van der Waals surface area contributed by atoms with Crippen molar-refractivity contribution in [2.45, 2.75) is 64.8 Å². The second-order valence-electron chi connectivity index (χ2n) is 4.92. The normalized spacial score (nSPS) is 16.3. The average Bonchev–Trinajstić information content (AvgIpc) is 2.40. The van der Waals surface area contributed by atoms with Gasteiger partial charge in [0.15, 0.2) is 0 Å². The van der Waals surface area contributed by atoms with E-state index < -0.39 is 9.28 Å². The Hall–Kier alpha value is -0.323. The van der Waals surface area contributed by atoms with Gasteiger partial charge in [-0.05, 0) is 58.4 Å². The lowest BCUT2D eigenvalue weighted by molar-refractivity contribution is 0.213. The zero-order valence-corrected chi connectivity index (χ0v) is 13.2. The highest BCUT2D eigenvalue weighted by atomic mass is 28.3. The van der Waals surface area contributed by atoms with Crippen LogP contribution >= 0.6 is 0 Å². The number of allylic oxidation sites excluding steroid dienone is 2. The minimum Gasteiger partial charge on any atom is -0.402 e. The van der Waals surface area contributed by atoms with E-state index in [0.717, 1.165) is 37.8 Å². The predicted molar refractivity (Wildman–Crippen MR) is 78.7 cm³/mol. The fourth-order valence-electron chi connectivity index (χ4n) is 2.52. The fraction of sp³-hybridized carbons (Fsp3) is 0.857. The molecule has 0 spiro atoms. The molecule has 0 atom stereocenters. The largest absolute Gasteiger partial charge is 0.402 e. The molecule has 2 N–H and O–H groups in total. The van der Waals surface area contributed by atoms with Crippen molar-refractivity contribution in [3.63, 3.8) is 0 Å². The first-order chi connectivity index (χ1) is 8.77. The van der Waals surface area contributed by atoms with Crippen molar-refractivity contribution < 1.29 is 8.85 Å². The van der Waals surface area contributed by atoms with Gasteiger partial charge in [0.2, 0.25) is 0 Å². The molecule has 0 amide bonds. The van der Waals surface area contributed by atoms with Crippen LogP contribution in [0.25, 0.3) is 0 Å². The first kappa shape index (κ1) is 15.7. The molecule has 0 heterocycles. The van der Waals surface area contributed by atoms with Crippen molar-refractivity contribution in [1.82, 2.24) is 0 Å². The van der Waals surface area contributed by atoms with Gasteiger partial charge in [0.05, 0.1) is 0 Å². The van der Waals surface area contributed by atoms with Gasteiger partial charge in [0, 0.05) is 18.9 Å². The molecule has 0 aromatic carbocycles. The molecule has 1 aliphatic carbocycles. The highest BCUT2D eigenvalue weighted by Gasteiger charge is 2.13. The summed E-state index contributed by atoms with van der Waals surface area (Å²) in [7, 11) is -1.41. The van der Waals surface area contributed by atoms with E-state index in [1.165, 1.54) is 37.7 Å². The number of hydrogen-bond acceptors (Lipinski definition) is 3. The van der Waals surface area contributed by atoms with Crippen LogP contribution in [0.2, 0.25) is 6.04 Å². The molecule has 0 aliphatic heterocycles. The predicted octanol–water partition coefficient (Wildman–Crippen LogP) is 3.24. The molecule has 1 aliphatic rings. The van der Waals surface area contributed by atoms with Crippen LogP contribution in [-0.4, -0.2) is 22.5 Å². The Kier molecular flexibility index (Phi) is 8.38. The smallest absolute Gasteiger partial charge is 0.321 e. The first-order valence-corrected chi connectivity index (χ1v) is 9.23. The number of nitrogens with two attached hydrogens (primary N) is 1. The molecule has 0 unspecified atom stereocenters. The van der Waals surface area contributed by atoms with Crippen LogP contribution in [0.15, 0.2) is 11.3 Å². The van der Waals surface area contributed by atoms with Gasteiger partial charge < -0.3 is 14.6 Å². The van der Waals surface area contributed by atoms with Crippen LogP contribution in [0.5, 0.6) is 0 Å². The lowest BCUT2D eigenvalue weighted by Crippen LogP contribution is -2.22. The minimum absolute atomic E-state index is 0.771. The van der Waals surface area contributed by atoms with Crippen LogP contribution in [0, 0.1) is 0 Å². The second kappa shape index (κ2) is 9.59. The highest BCUT2D eigenvalue weighted by Crippen LogP contribution is 2.25. The van der Waals surface area contributed by atoms with E-state index in [2.05, 4.69) is 0 Å². The van der Waals surface area contributed by atoms with Crippen LogP contribution in [0.3, 0.4) is 0 Å². The van der Waals surface area contributed by atoms with Crippen molar-refractivity contribution in [2.24, 2.45) is 5.73 Å². The van der Waals surface area contributed by atoms with E-state index >= 15 is 0 Å². The zero-order chi connectivity index (χ0) is 13.2. The quantitative estimate of drug-likeness (QED) is 0.689. The van der Waals surface area contributed by atoms with Gasteiger partial charge in [-0.25, -0.2) is 0 Å². The third kappa shape index (κ3) is 6.02. The lowest BCUT2D eigenvalue weighted by atomic mass is 9.92. The van der Waals surface area contributed by atoms with E-state index in [-0.39, 0.29) is 0 Å². The highest BCUT2D eigenvalue weighted by molar-refractivity contribution is 6.44. The topological polar surface area (TPSA) is 44.5 Å². The maximum absolute atomic E-state index is 6.20. The van der Waals surface area contributed by atoms with Crippen molar-refractivity contribution in [3.05, 3.63) is 11.3 Å². The molecule has 0 aromatic heterocycles. The van der Waals surface area contributed by atoms with Gasteiger partial charge in [0.1, 0.15) is 0 Å². The Morgan fingerprint density at radius 2 is 1.72 bits per heavy atom. The summed E-state index contributed by atoms with van der Waals surface area (Å²) in [5.74, 6) is 0. The molecule has 0 bridgehead atoms. The van der Waals surface area contributed by atoms with Crippen molar-refractivity contribution in [1.29, 1.82) is 0 Å². The monoisotopic (exact) mass is 271 g/mol. The Morgan fingerprint density at radius 3 is 2.28 bits per heavy atom. The Morgan fingerprint density at radius 1 is 1.11 bits per heavy atom. The van der Waals surface area contributed by atoms with Crippen molar-refractivity contribution in [2.75, 3.05) is 13.2 Å². The summed E-state index contributed by atoms with van der Waals surface area (Å²) in [4.78, 5) is 0. The average molecular weight is 271 g/mol. The molecule has 0 saturated heterocycles. The SMILES string of the molecule is CCO[SiH](CCCC(N)=C1CCCCC1)OCC. The van der Waals surface area contributed by atoms with E-state index in [1.807, 2.05) is 13.8 Å². The summed E-state index contributed by atoms with van der Waals surface area (Å²) in [6, 6.07) is 1.08. The van der Waals surface area contributed by atoms with Gasteiger partial charge in [0.25, 0.3) is 0 Å². The van der Waals surface area contributed by atoms with Gasteiger partial charge in [-0.3, -0.25) is 0 Å². The van der Waals surface area contributed by atoms with Gasteiger partial charge >= 0.3 is 9.28 Å². The Labute approximate surface area is 114 Å². The van der Waals surface area contributed by atoms with Crippen LogP contribution in [0.4, 0.5) is 0 Å². The van der Waals surface area contributed by atoms with E-state index in [9.17, 15) is 0 Å². The molecular formula is C14H29NO2Si. The van der Waals surface area contributed by atoms with Gasteiger partial charge in [-0.15, -0.1) is 0 Å². The zero-order valence-electron chi connectivity index (χ0n) is 12.0. The van der Waals surface area contributed by atoms with Crippen LogP contribution < -0.4 is 5.73 Å². The Balaban J connectivity index is 2.26. The fourth-order valence-corrected chi connectivity index (χ4v) is 4.23. The molecule has 0 radical (unpaired) electrons. The lowest BCUT2D eigenvalue weighted by Gasteiger charge is -2.18. The summed E-state index contributed by atoms with van der Waals surface area (Å²) < 4.78 is 11.3. The second-order valence-corrected chi connectivity index (χ2v) is 7.03. The van der Waals surface area contributed by atoms with E-state index in [1.54, 1.807) is 0 Å². The Bertz CT molecular complexity index is 242. The standard InChI is InChI=1S/C14H29NO2Si/c1-3-16-18(17-4-2)12-8-11-14(15)13-9-6-5-7-10-13/h18H,3-12,15H2,1-2H3. The molecule has 18 heavy (non-hydrogen) atoms. The molecule has 3 nitrogen and oxygen atoms in total. The van der Waals surface area contributed by atoms with Crippen molar-refractivity contribution in [3.8, 4) is 0 Å². The molecule has 1 saturated carbocycles. The number of hydrogen-bond donors (Lipinski definition) is 1. The third-order valence-corrected chi connectivity index (χ3v) is 5.79. The maximum atomic E-state index is 6.20. The maximum Gasteiger partial charge on any atom is 0.321 e. The van der Waals surface area contributed by atoms with Crippen LogP contribution in [-0.2, 0) is 8.85 Å². The van der Waals surface area contributed by atoms with Gasteiger partial charge in [-0.2, -0.15) is 0 Å². The molecule has 4 heteroatoms. The summed E-state index contributed by atoms with van der Waals surface area (Å²) in [6.07, 6.45) is 8.62. The summed E-state index contributed by atoms with van der Waals surface area (Å²) in [5, 5.41) is 0.